The van der Waals surface area contributed by atoms with E-state index < -0.39 is 47.8 Å². The zero-order chi connectivity index (χ0) is 20.6. The molecule has 1 fully saturated rings. The van der Waals surface area contributed by atoms with Gasteiger partial charge in [0.2, 0.25) is 17.7 Å². The van der Waals surface area contributed by atoms with Gasteiger partial charge in [0.05, 0.1) is 13.0 Å². The van der Waals surface area contributed by atoms with Crippen LogP contribution in [-0.2, 0) is 28.7 Å². The molecule has 0 unspecified atom stereocenters. The zero-order valence-corrected chi connectivity index (χ0v) is 15.8. The number of aliphatic carboxylic acids is 1. The van der Waals surface area contributed by atoms with Crippen LogP contribution in [0.5, 0.6) is 0 Å². The minimum atomic E-state index is -1.07. The molecule has 10 heteroatoms. The molecule has 0 saturated carbocycles. The molecule has 1 saturated heterocycles. The van der Waals surface area contributed by atoms with Gasteiger partial charge in [-0.05, 0) is 33.6 Å². The third-order valence-corrected chi connectivity index (χ3v) is 4.18. The third-order valence-electron chi connectivity index (χ3n) is 4.18. The van der Waals surface area contributed by atoms with Gasteiger partial charge in [-0.1, -0.05) is 0 Å². The van der Waals surface area contributed by atoms with Gasteiger partial charge in [-0.2, -0.15) is 0 Å². The average molecular weight is 385 g/mol. The third kappa shape index (κ3) is 6.87. The molecule has 0 aromatic rings. The van der Waals surface area contributed by atoms with Gasteiger partial charge in [0, 0.05) is 13.0 Å². The van der Waals surface area contributed by atoms with Crippen LogP contribution in [0.1, 0.15) is 46.5 Å². The Morgan fingerprint density at radius 3 is 2.37 bits per heavy atom. The first-order chi connectivity index (χ1) is 12.7. The van der Waals surface area contributed by atoms with Crippen molar-refractivity contribution in [3.63, 3.8) is 0 Å². The number of amides is 3. The van der Waals surface area contributed by atoms with E-state index in [0.717, 1.165) is 0 Å². The van der Waals surface area contributed by atoms with Crippen molar-refractivity contribution in [3.8, 4) is 0 Å². The summed E-state index contributed by atoms with van der Waals surface area (Å²) in [6.07, 6.45) is 0.776. The maximum Gasteiger partial charge on any atom is 0.326 e. The van der Waals surface area contributed by atoms with E-state index in [4.69, 9.17) is 9.84 Å². The Bertz CT molecular complexity index is 593. The molecule has 0 bridgehead atoms. The van der Waals surface area contributed by atoms with E-state index in [1.54, 1.807) is 6.92 Å². The second kappa shape index (κ2) is 10.5. The van der Waals surface area contributed by atoms with Gasteiger partial charge >= 0.3 is 11.9 Å². The van der Waals surface area contributed by atoms with Crippen LogP contribution in [0.2, 0.25) is 0 Å². The number of likely N-dealkylation sites (tertiary alicyclic amines) is 1. The highest BCUT2D eigenvalue weighted by molar-refractivity contribution is 5.93. The fourth-order valence-corrected chi connectivity index (χ4v) is 2.76. The molecular formula is C17H27N3O7. The summed E-state index contributed by atoms with van der Waals surface area (Å²) in [5.41, 5.74) is 0. The molecule has 1 aliphatic heterocycles. The van der Waals surface area contributed by atoms with Gasteiger partial charge in [0.1, 0.15) is 18.1 Å². The molecule has 1 rings (SSSR count). The Balaban J connectivity index is 2.47. The predicted octanol–water partition coefficient (Wildman–Crippen LogP) is -0.585. The van der Waals surface area contributed by atoms with Crippen LogP contribution < -0.4 is 10.6 Å². The molecule has 3 atom stereocenters. The van der Waals surface area contributed by atoms with Crippen LogP contribution in [-0.4, -0.2) is 70.9 Å². The smallest absolute Gasteiger partial charge is 0.326 e. The SMILES string of the molecule is CCOC(=O)CCC(=O)N[C@@H](C)C(=O)N[C@@H](C)C(=O)N1CCC[C@H]1C(=O)O. The standard InChI is InChI=1S/C17H27N3O7/c1-4-27-14(22)8-7-13(21)18-10(2)15(23)19-11(3)16(24)20-9-5-6-12(20)17(25)26/h10-12H,4-9H2,1-3H3,(H,18,21)(H,19,23)(H,25,26)/t10-,11-,12-/m0/s1. The van der Waals surface area contributed by atoms with E-state index in [0.29, 0.717) is 19.4 Å². The molecule has 0 radical (unpaired) electrons. The van der Waals surface area contributed by atoms with Crippen molar-refractivity contribution in [3.05, 3.63) is 0 Å². The largest absolute Gasteiger partial charge is 0.480 e. The summed E-state index contributed by atoms with van der Waals surface area (Å²) in [6, 6.07) is -2.71. The summed E-state index contributed by atoms with van der Waals surface area (Å²) in [5.74, 6) is -3.11. The highest BCUT2D eigenvalue weighted by atomic mass is 16.5. The number of carboxylic acid groups (broad SMARTS) is 1. The summed E-state index contributed by atoms with van der Waals surface area (Å²) < 4.78 is 4.72. The topological polar surface area (TPSA) is 142 Å². The number of carboxylic acids is 1. The zero-order valence-electron chi connectivity index (χ0n) is 15.8. The first kappa shape index (κ1) is 22.4. The molecule has 3 amide bonds. The fourth-order valence-electron chi connectivity index (χ4n) is 2.76. The van der Waals surface area contributed by atoms with Gasteiger partial charge in [0.25, 0.3) is 0 Å². The van der Waals surface area contributed by atoms with E-state index in [1.165, 1.54) is 18.7 Å². The van der Waals surface area contributed by atoms with Crippen LogP contribution >= 0.6 is 0 Å². The second-order valence-corrected chi connectivity index (χ2v) is 6.35. The fraction of sp³-hybridized carbons (Fsp3) is 0.706. The van der Waals surface area contributed by atoms with Gasteiger partial charge in [0.15, 0.2) is 0 Å². The number of rotatable bonds is 9. The van der Waals surface area contributed by atoms with E-state index in [-0.39, 0.29) is 19.4 Å². The summed E-state index contributed by atoms with van der Waals surface area (Å²) in [4.78, 5) is 60.0. The maximum absolute atomic E-state index is 12.4. The Kier molecular flexibility index (Phi) is 8.70. The summed E-state index contributed by atoms with van der Waals surface area (Å²) in [7, 11) is 0. The lowest BCUT2D eigenvalue weighted by Gasteiger charge is -2.26. The minimum Gasteiger partial charge on any atom is -0.480 e. The normalized spacial score (nSPS) is 18.3. The molecule has 1 aliphatic rings. The quantitative estimate of drug-likeness (QED) is 0.451. The lowest BCUT2D eigenvalue weighted by atomic mass is 10.2. The Morgan fingerprint density at radius 1 is 1.11 bits per heavy atom. The average Bonchev–Trinajstić information content (AvgIpc) is 3.09. The number of carbonyl (C=O) groups is 5. The summed E-state index contributed by atoms with van der Waals surface area (Å²) in [5, 5.41) is 14.1. The van der Waals surface area contributed by atoms with Crippen LogP contribution in [0.4, 0.5) is 0 Å². The molecule has 0 aromatic heterocycles. The van der Waals surface area contributed by atoms with E-state index in [9.17, 15) is 24.0 Å². The predicted molar refractivity (Wildman–Crippen MR) is 93.4 cm³/mol. The number of ether oxygens (including phenoxy) is 1. The van der Waals surface area contributed by atoms with E-state index >= 15 is 0 Å². The minimum absolute atomic E-state index is 0.0889. The highest BCUT2D eigenvalue weighted by Gasteiger charge is 2.36. The van der Waals surface area contributed by atoms with Crippen LogP contribution in [0, 0.1) is 0 Å². The molecular weight excluding hydrogens is 358 g/mol. The van der Waals surface area contributed by atoms with Crippen molar-refractivity contribution >= 4 is 29.7 Å². The Hall–Kier alpha value is -2.65. The number of hydrogen-bond acceptors (Lipinski definition) is 6. The van der Waals surface area contributed by atoms with Crippen molar-refractivity contribution in [2.24, 2.45) is 0 Å². The molecule has 1 heterocycles. The van der Waals surface area contributed by atoms with Gasteiger partial charge in [-0.3, -0.25) is 19.2 Å². The van der Waals surface area contributed by atoms with Crippen LogP contribution in [0.25, 0.3) is 0 Å². The summed E-state index contributed by atoms with van der Waals surface area (Å²) in [6.45, 7) is 5.13. The van der Waals surface area contributed by atoms with Crippen molar-refractivity contribution in [1.82, 2.24) is 15.5 Å². The lowest BCUT2D eigenvalue weighted by molar-refractivity contribution is -0.149. The summed E-state index contributed by atoms with van der Waals surface area (Å²) >= 11 is 0. The number of esters is 1. The van der Waals surface area contributed by atoms with E-state index in [1.807, 2.05) is 0 Å². The monoisotopic (exact) mass is 385 g/mol. The van der Waals surface area contributed by atoms with Crippen molar-refractivity contribution in [2.45, 2.75) is 64.6 Å². The van der Waals surface area contributed by atoms with Crippen molar-refractivity contribution in [1.29, 1.82) is 0 Å². The van der Waals surface area contributed by atoms with Gasteiger partial charge < -0.3 is 25.4 Å². The number of nitrogens with zero attached hydrogens (tertiary/aromatic N) is 1. The van der Waals surface area contributed by atoms with Crippen LogP contribution in [0.15, 0.2) is 0 Å². The Labute approximate surface area is 157 Å². The maximum atomic E-state index is 12.4. The molecule has 3 N–H and O–H groups in total. The first-order valence-corrected chi connectivity index (χ1v) is 8.96. The number of carbonyl (C=O) groups excluding carboxylic acids is 4. The van der Waals surface area contributed by atoms with Gasteiger partial charge in [-0.15, -0.1) is 0 Å². The van der Waals surface area contributed by atoms with Crippen LogP contribution in [0.3, 0.4) is 0 Å². The Morgan fingerprint density at radius 2 is 1.78 bits per heavy atom. The van der Waals surface area contributed by atoms with Gasteiger partial charge in [-0.25, -0.2) is 4.79 Å². The van der Waals surface area contributed by atoms with Crippen molar-refractivity contribution < 1.29 is 33.8 Å². The molecule has 10 nitrogen and oxygen atoms in total. The molecule has 152 valence electrons. The molecule has 0 aliphatic carbocycles. The highest BCUT2D eigenvalue weighted by Crippen LogP contribution is 2.18. The van der Waals surface area contributed by atoms with Crippen molar-refractivity contribution in [2.75, 3.05) is 13.2 Å². The lowest BCUT2D eigenvalue weighted by Crippen LogP contribution is -2.54. The number of hydrogen-bond donors (Lipinski definition) is 3. The molecule has 0 aromatic carbocycles. The molecule has 27 heavy (non-hydrogen) atoms. The molecule has 0 spiro atoms. The van der Waals surface area contributed by atoms with E-state index in [2.05, 4.69) is 10.6 Å². The first-order valence-electron chi connectivity index (χ1n) is 8.96. The number of nitrogens with one attached hydrogen (secondary N) is 2. The second-order valence-electron chi connectivity index (χ2n) is 6.35.